The summed E-state index contributed by atoms with van der Waals surface area (Å²) in [6.45, 7) is 0.239. The third-order valence-corrected chi connectivity index (χ3v) is 2.18. The van der Waals surface area contributed by atoms with E-state index in [0.717, 1.165) is 17.5 Å². The number of aromatic nitrogens is 1. The van der Waals surface area contributed by atoms with E-state index in [1.807, 2.05) is 0 Å². The zero-order valence-electron chi connectivity index (χ0n) is 8.19. The highest BCUT2D eigenvalue weighted by Gasteiger charge is 2.05. The molecule has 0 atom stereocenters. The van der Waals surface area contributed by atoms with Gasteiger partial charge in [0, 0.05) is 18.8 Å². The van der Waals surface area contributed by atoms with Crippen molar-refractivity contribution in [3.8, 4) is 0 Å². The molecule has 1 aromatic heterocycles. The summed E-state index contributed by atoms with van der Waals surface area (Å²) in [5.41, 5.74) is 2.00. The van der Waals surface area contributed by atoms with Gasteiger partial charge in [-0.1, -0.05) is 0 Å². The van der Waals surface area contributed by atoms with Crippen molar-refractivity contribution in [3.05, 3.63) is 28.7 Å². The minimum Gasteiger partial charge on any atom is -0.408 e. The Hall–Kier alpha value is -2.04. The number of benzene rings is 1. The predicted molar refractivity (Wildman–Crippen MR) is 56.0 cm³/mol. The molecule has 0 aliphatic carbocycles. The summed E-state index contributed by atoms with van der Waals surface area (Å²) in [4.78, 5) is 21.3. The van der Waals surface area contributed by atoms with Crippen LogP contribution in [0.5, 0.6) is 0 Å². The quantitative estimate of drug-likeness (QED) is 0.752. The van der Waals surface area contributed by atoms with Crippen LogP contribution in [-0.4, -0.2) is 17.4 Å². The molecule has 0 bridgehead atoms. The first-order chi connectivity index (χ1) is 7.22. The third kappa shape index (κ3) is 1.63. The van der Waals surface area contributed by atoms with Crippen molar-refractivity contribution in [2.24, 2.45) is 7.05 Å². The van der Waals surface area contributed by atoms with Crippen molar-refractivity contribution in [1.29, 1.82) is 0 Å². The largest absolute Gasteiger partial charge is 0.419 e. The second kappa shape index (κ2) is 3.61. The van der Waals surface area contributed by atoms with Crippen LogP contribution in [0.2, 0.25) is 0 Å². The van der Waals surface area contributed by atoms with Gasteiger partial charge in [0.1, 0.15) is 6.29 Å². The minimum atomic E-state index is -0.391. The van der Waals surface area contributed by atoms with E-state index in [0.29, 0.717) is 5.58 Å². The zero-order valence-corrected chi connectivity index (χ0v) is 8.19. The summed E-state index contributed by atoms with van der Waals surface area (Å²) in [5.74, 6) is -0.391. The lowest BCUT2D eigenvalue weighted by Crippen LogP contribution is -2.08. The monoisotopic (exact) mass is 206 g/mol. The number of carbonyl (C=O) groups excluding carboxylic acids is 1. The van der Waals surface area contributed by atoms with Crippen LogP contribution >= 0.6 is 0 Å². The van der Waals surface area contributed by atoms with E-state index < -0.39 is 5.76 Å². The molecule has 0 saturated heterocycles. The molecule has 0 unspecified atom stereocenters. The van der Waals surface area contributed by atoms with E-state index in [1.165, 1.54) is 4.57 Å². The minimum absolute atomic E-state index is 0.239. The number of nitrogens with zero attached hydrogens (tertiary/aromatic N) is 1. The fourth-order valence-electron chi connectivity index (χ4n) is 1.40. The molecule has 0 fully saturated rings. The maximum Gasteiger partial charge on any atom is 0.419 e. The zero-order chi connectivity index (χ0) is 10.8. The Morgan fingerprint density at radius 1 is 1.53 bits per heavy atom. The van der Waals surface area contributed by atoms with Crippen molar-refractivity contribution in [2.45, 2.75) is 0 Å². The van der Waals surface area contributed by atoms with Crippen LogP contribution in [-0.2, 0) is 11.8 Å². The van der Waals surface area contributed by atoms with Gasteiger partial charge in [-0.15, -0.1) is 0 Å². The molecule has 1 heterocycles. The smallest absolute Gasteiger partial charge is 0.408 e. The Balaban J connectivity index is 2.47. The molecule has 2 rings (SSSR count). The number of carbonyl (C=O) groups is 1. The normalized spacial score (nSPS) is 10.5. The van der Waals surface area contributed by atoms with Crippen LogP contribution in [0, 0.1) is 0 Å². The first-order valence-electron chi connectivity index (χ1n) is 4.49. The van der Waals surface area contributed by atoms with E-state index in [9.17, 15) is 9.59 Å². The average molecular weight is 206 g/mol. The fraction of sp³-hybridized carbons (Fsp3) is 0.200. The number of hydrogen-bond donors (Lipinski definition) is 1. The van der Waals surface area contributed by atoms with E-state index in [2.05, 4.69) is 5.32 Å². The van der Waals surface area contributed by atoms with Gasteiger partial charge in [-0.3, -0.25) is 4.57 Å². The molecule has 0 aliphatic heterocycles. The van der Waals surface area contributed by atoms with Crippen LogP contribution < -0.4 is 11.1 Å². The third-order valence-electron chi connectivity index (χ3n) is 2.18. The number of aldehydes is 1. The van der Waals surface area contributed by atoms with Crippen molar-refractivity contribution >= 4 is 23.1 Å². The second-order valence-electron chi connectivity index (χ2n) is 3.16. The lowest BCUT2D eigenvalue weighted by atomic mass is 10.3. The summed E-state index contributed by atoms with van der Waals surface area (Å²) in [7, 11) is 1.65. The summed E-state index contributed by atoms with van der Waals surface area (Å²) >= 11 is 0. The molecule has 2 aromatic rings. The first kappa shape index (κ1) is 9.51. The maximum absolute atomic E-state index is 11.2. The Kier molecular flexibility index (Phi) is 2.29. The molecule has 15 heavy (non-hydrogen) atoms. The van der Waals surface area contributed by atoms with Crippen LogP contribution in [0.4, 0.5) is 5.69 Å². The molecule has 0 radical (unpaired) electrons. The van der Waals surface area contributed by atoms with Gasteiger partial charge in [0.2, 0.25) is 0 Å². The van der Waals surface area contributed by atoms with Crippen LogP contribution in [0.1, 0.15) is 0 Å². The van der Waals surface area contributed by atoms with Gasteiger partial charge in [-0.25, -0.2) is 4.79 Å². The van der Waals surface area contributed by atoms with E-state index in [1.54, 1.807) is 25.2 Å². The van der Waals surface area contributed by atoms with Crippen molar-refractivity contribution in [2.75, 3.05) is 11.9 Å². The van der Waals surface area contributed by atoms with Gasteiger partial charge in [-0.05, 0) is 12.1 Å². The van der Waals surface area contributed by atoms with E-state index >= 15 is 0 Å². The molecule has 0 amide bonds. The number of oxazole rings is 1. The van der Waals surface area contributed by atoms with Gasteiger partial charge in [0.15, 0.2) is 5.58 Å². The highest BCUT2D eigenvalue weighted by molar-refractivity contribution is 5.78. The highest BCUT2D eigenvalue weighted by Crippen LogP contribution is 2.17. The summed E-state index contributed by atoms with van der Waals surface area (Å²) in [6.07, 6.45) is 0.769. The van der Waals surface area contributed by atoms with Gasteiger partial charge < -0.3 is 14.5 Å². The number of hydrogen-bond acceptors (Lipinski definition) is 4. The molecule has 1 aromatic carbocycles. The summed E-state index contributed by atoms with van der Waals surface area (Å²) in [6, 6.07) is 5.26. The first-order valence-corrected chi connectivity index (χ1v) is 4.49. The predicted octanol–water partition coefficient (Wildman–Crippen LogP) is 0.742. The maximum atomic E-state index is 11.2. The Morgan fingerprint density at radius 2 is 2.33 bits per heavy atom. The molecule has 0 aliphatic rings. The molecule has 1 N–H and O–H groups in total. The standard InChI is InChI=1S/C10H10N2O3/c1-12-8-3-2-7(11-4-5-13)6-9(8)15-10(12)14/h2-3,5-6,11H,4H2,1H3. The van der Waals surface area contributed by atoms with Crippen molar-refractivity contribution in [3.63, 3.8) is 0 Å². The van der Waals surface area contributed by atoms with Gasteiger partial charge >= 0.3 is 5.76 Å². The molecule has 0 saturated carbocycles. The van der Waals surface area contributed by atoms with Crippen molar-refractivity contribution in [1.82, 2.24) is 4.57 Å². The number of rotatable bonds is 3. The number of nitrogens with one attached hydrogen (secondary N) is 1. The lowest BCUT2D eigenvalue weighted by molar-refractivity contribution is -0.106. The molecule has 78 valence electrons. The highest BCUT2D eigenvalue weighted by atomic mass is 16.4. The number of aryl methyl sites for hydroxylation is 1. The Labute approximate surface area is 85.3 Å². The van der Waals surface area contributed by atoms with Gasteiger partial charge in [0.05, 0.1) is 12.1 Å². The second-order valence-corrected chi connectivity index (χ2v) is 3.16. The molecule has 0 spiro atoms. The Bertz CT molecular complexity index is 553. The van der Waals surface area contributed by atoms with Crippen LogP contribution in [0.3, 0.4) is 0 Å². The summed E-state index contributed by atoms with van der Waals surface area (Å²) < 4.78 is 6.43. The molecule has 5 heteroatoms. The fourth-order valence-corrected chi connectivity index (χ4v) is 1.40. The Morgan fingerprint density at radius 3 is 3.07 bits per heavy atom. The SMILES string of the molecule is Cn1c(=O)oc2cc(NCC=O)ccc21. The van der Waals surface area contributed by atoms with Gasteiger partial charge in [0.25, 0.3) is 0 Å². The molecular formula is C10H10N2O3. The average Bonchev–Trinajstić information content (AvgIpc) is 2.52. The van der Waals surface area contributed by atoms with E-state index in [4.69, 9.17) is 4.42 Å². The van der Waals surface area contributed by atoms with Gasteiger partial charge in [-0.2, -0.15) is 0 Å². The molecule has 5 nitrogen and oxygen atoms in total. The van der Waals surface area contributed by atoms with E-state index in [-0.39, 0.29) is 6.54 Å². The van der Waals surface area contributed by atoms with Crippen LogP contribution in [0.25, 0.3) is 11.1 Å². The number of anilines is 1. The molecular weight excluding hydrogens is 196 g/mol. The van der Waals surface area contributed by atoms with Crippen molar-refractivity contribution < 1.29 is 9.21 Å². The lowest BCUT2D eigenvalue weighted by Gasteiger charge is -2.00. The summed E-state index contributed by atoms with van der Waals surface area (Å²) in [5, 5.41) is 2.88. The topological polar surface area (TPSA) is 64.2 Å². The number of fused-ring (bicyclic) bond motifs is 1. The van der Waals surface area contributed by atoms with Crippen LogP contribution in [0.15, 0.2) is 27.4 Å².